The van der Waals surface area contributed by atoms with Gasteiger partial charge in [0.25, 0.3) is 0 Å². The quantitative estimate of drug-likeness (QED) is 0.319. The van der Waals surface area contributed by atoms with Crippen LogP contribution in [0.3, 0.4) is 0 Å². The fraction of sp³-hybridized carbons (Fsp3) is 0.269. The van der Waals surface area contributed by atoms with E-state index in [2.05, 4.69) is 35.2 Å². The van der Waals surface area contributed by atoms with Crippen molar-refractivity contribution in [2.24, 2.45) is 0 Å². The van der Waals surface area contributed by atoms with Gasteiger partial charge in [-0.1, -0.05) is 18.2 Å². The number of hydrogen-bond donors (Lipinski definition) is 2. The molecule has 36 heavy (non-hydrogen) atoms. The molecule has 0 amide bonds. The summed E-state index contributed by atoms with van der Waals surface area (Å²) < 4.78 is 41.1. The number of benzene rings is 2. The Morgan fingerprint density at radius 1 is 0.917 bits per heavy atom. The average Bonchev–Trinajstić information content (AvgIpc) is 3.38. The zero-order valence-electron chi connectivity index (χ0n) is 19.4. The number of rotatable bonds is 8. The van der Waals surface area contributed by atoms with Crippen molar-refractivity contribution in [3.63, 3.8) is 0 Å². The van der Waals surface area contributed by atoms with Crippen molar-refractivity contribution in [1.29, 1.82) is 0 Å². The minimum absolute atomic E-state index is 0.295. The number of alkyl halides is 3. The molecule has 3 heterocycles. The van der Waals surface area contributed by atoms with Crippen LogP contribution in [0.2, 0.25) is 0 Å². The number of likely N-dealkylation sites (tertiary alicyclic amines) is 1. The second-order valence-electron chi connectivity index (χ2n) is 8.54. The number of para-hydroxylation sites is 1. The van der Waals surface area contributed by atoms with Gasteiger partial charge < -0.3 is 20.3 Å². The Balaban J connectivity index is 1.30. The second kappa shape index (κ2) is 10.4. The van der Waals surface area contributed by atoms with Crippen LogP contribution >= 0.6 is 0 Å². The van der Waals surface area contributed by atoms with E-state index in [0.29, 0.717) is 11.6 Å². The fourth-order valence-electron chi connectivity index (χ4n) is 4.22. The van der Waals surface area contributed by atoms with Crippen molar-refractivity contribution in [3.05, 3.63) is 67.0 Å². The Morgan fingerprint density at radius 2 is 1.72 bits per heavy atom. The topological polar surface area (TPSA) is 75.2 Å². The number of aromatic nitrogens is 3. The molecule has 7 nitrogen and oxygen atoms in total. The van der Waals surface area contributed by atoms with Crippen molar-refractivity contribution in [1.82, 2.24) is 19.9 Å². The van der Waals surface area contributed by atoms with Crippen molar-refractivity contribution in [2.75, 3.05) is 36.8 Å². The summed E-state index contributed by atoms with van der Waals surface area (Å²) in [5, 5.41) is 7.27. The number of nitrogens with zero attached hydrogens (tertiary/aromatic N) is 4. The van der Waals surface area contributed by atoms with Gasteiger partial charge in [0.2, 0.25) is 5.95 Å². The normalized spacial score (nSPS) is 14.2. The van der Waals surface area contributed by atoms with Gasteiger partial charge in [0.15, 0.2) is 0 Å². The number of halogens is 3. The van der Waals surface area contributed by atoms with E-state index >= 15 is 0 Å². The van der Waals surface area contributed by atoms with E-state index < -0.39 is 6.36 Å². The third-order valence-corrected chi connectivity index (χ3v) is 5.96. The van der Waals surface area contributed by atoms with E-state index in [-0.39, 0.29) is 5.75 Å². The van der Waals surface area contributed by atoms with Crippen LogP contribution in [0.5, 0.6) is 5.75 Å². The molecule has 0 atom stereocenters. The lowest BCUT2D eigenvalue weighted by Crippen LogP contribution is -2.26. The van der Waals surface area contributed by atoms with Gasteiger partial charge in [-0.2, -0.15) is 0 Å². The monoisotopic (exact) mass is 494 g/mol. The van der Waals surface area contributed by atoms with Gasteiger partial charge in [0, 0.05) is 47.7 Å². The summed E-state index contributed by atoms with van der Waals surface area (Å²) in [6, 6.07) is 15.2. The van der Waals surface area contributed by atoms with E-state index in [0.717, 1.165) is 40.9 Å². The first-order chi connectivity index (χ1) is 17.4. The number of ether oxygens (including phenoxy) is 1. The number of fused-ring (bicyclic) bond motifs is 1. The van der Waals surface area contributed by atoms with E-state index in [9.17, 15) is 13.2 Å². The molecule has 0 aliphatic carbocycles. The predicted molar refractivity (Wildman–Crippen MR) is 133 cm³/mol. The molecule has 10 heteroatoms. The SMILES string of the molecule is FC(F)(F)Oc1ccc(Nc2ncc3cccc(-c4ccc(NCCN5CCCC5)nc4)c3n2)cc1. The fourth-order valence-corrected chi connectivity index (χ4v) is 4.22. The van der Waals surface area contributed by atoms with Crippen LogP contribution in [0, 0.1) is 0 Å². The van der Waals surface area contributed by atoms with Crippen LogP contribution in [0.25, 0.3) is 22.0 Å². The van der Waals surface area contributed by atoms with Crippen molar-refractivity contribution in [2.45, 2.75) is 19.2 Å². The molecule has 1 saturated heterocycles. The first kappa shape index (κ1) is 23.8. The van der Waals surface area contributed by atoms with Crippen molar-refractivity contribution in [3.8, 4) is 16.9 Å². The lowest BCUT2D eigenvalue weighted by Gasteiger charge is -2.15. The molecule has 0 bridgehead atoms. The van der Waals surface area contributed by atoms with Gasteiger partial charge in [0.1, 0.15) is 11.6 Å². The molecule has 0 unspecified atom stereocenters. The highest BCUT2D eigenvalue weighted by Crippen LogP contribution is 2.29. The molecule has 5 rings (SSSR count). The summed E-state index contributed by atoms with van der Waals surface area (Å²) in [4.78, 5) is 16.0. The highest BCUT2D eigenvalue weighted by atomic mass is 19.4. The Hall–Kier alpha value is -3.92. The summed E-state index contributed by atoms with van der Waals surface area (Å²) in [5.41, 5.74) is 3.10. The molecule has 4 aromatic rings. The Morgan fingerprint density at radius 3 is 2.44 bits per heavy atom. The minimum atomic E-state index is -4.73. The molecule has 2 N–H and O–H groups in total. The molecule has 0 saturated carbocycles. The van der Waals surface area contributed by atoms with Gasteiger partial charge in [-0.05, 0) is 62.3 Å². The number of hydrogen-bond acceptors (Lipinski definition) is 7. The number of nitrogens with one attached hydrogen (secondary N) is 2. The standard InChI is InChI=1S/C26H25F3N6O/c27-26(28,29)36-21-9-7-20(8-10-21)33-25-32-17-19-4-3-5-22(24(19)34-25)18-6-11-23(31-16-18)30-12-15-35-13-1-2-14-35/h3-11,16-17H,1-2,12-15H2,(H,30,31)(H,32,33,34). The lowest BCUT2D eigenvalue weighted by atomic mass is 10.0. The summed E-state index contributed by atoms with van der Waals surface area (Å²) in [6.45, 7) is 4.21. The van der Waals surface area contributed by atoms with Crippen LogP contribution < -0.4 is 15.4 Å². The maximum Gasteiger partial charge on any atom is 0.573 e. The largest absolute Gasteiger partial charge is 0.573 e. The zero-order valence-corrected chi connectivity index (χ0v) is 19.4. The Bertz CT molecular complexity index is 1310. The number of pyridine rings is 1. The first-order valence-electron chi connectivity index (χ1n) is 11.7. The molecule has 0 radical (unpaired) electrons. The molecular weight excluding hydrogens is 469 g/mol. The summed E-state index contributed by atoms with van der Waals surface area (Å²) in [6.07, 6.45) is 1.35. The maximum atomic E-state index is 12.4. The Kier molecular flexibility index (Phi) is 6.86. The molecule has 1 fully saturated rings. The highest BCUT2D eigenvalue weighted by Gasteiger charge is 2.31. The molecule has 1 aliphatic heterocycles. The van der Waals surface area contributed by atoms with E-state index in [1.54, 1.807) is 6.20 Å². The lowest BCUT2D eigenvalue weighted by molar-refractivity contribution is -0.274. The van der Waals surface area contributed by atoms with Crippen LogP contribution in [0.15, 0.2) is 67.0 Å². The van der Waals surface area contributed by atoms with Gasteiger partial charge in [-0.15, -0.1) is 13.2 Å². The summed E-state index contributed by atoms with van der Waals surface area (Å²) in [5.74, 6) is 0.858. The van der Waals surface area contributed by atoms with Crippen LogP contribution in [0.4, 0.5) is 30.6 Å². The second-order valence-corrected chi connectivity index (χ2v) is 8.54. The minimum Gasteiger partial charge on any atom is -0.406 e. The smallest absolute Gasteiger partial charge is 0.406 e. The third kappa shape index (κ3) is 6.01. The predicted octanol–water partition coefficient (Wildman–Crippen LogP) is 5.84. The van der Waals surface area contributed by atoms with E-state index in [4.69, 9.17) is 0 Å². The van der Waals surface area contributed by atoms with E-state index in [1.807, 2.05) is 36.5 Å². The van der Waals surface area contributed by atoms with E-state index in [1.165, 1.54) is 50.2 Å². The molecule has 2 aromatic heterocycles. The van der Waals surface area contributed by atoms with Crippen molar-refractivity contribution >= 4 is 28.4 Å². The van der Waals surface area contributed by atoms with Gasteiger partial charge in [0.05, 0.1) is 5.52 Å². The van der Waals surface area contributed by atoms with Crippen LogP contribution in [0.1, 0.15) is 12.8 Å². The zero-order chi connectivity index (χ0) is 25.0. The van der Waals surface area contributed by atoms with Gasteiger partial charge >= 0.3 is 6.36 Å². The van der Waals surface area contributed by atoms with Crippen molar-refractivity contribution < 1.29 is 17.9 Å². The van der Waals surface area contributed by atoms with Gasteiger partial charge in [-0.3, -0.25) is 0 Å². The average molecular weight is 495 g/mol. The van der Waals surface area contributed by atoms with Crippen LogP contribution in [-0.4, -0.2) is 52.4 Å². The molecular formula is C26H25F3N6O. The summed E-state index contributed by atoms with van der Waals surface area (Å²) >= 11 is 0. The van der Waals surface area contributed by atoms with Gasteiger partial charge in [-0.25, -0.2) is 15.0 Å². The Labute approximate surface area is 206 Å². The molecule has 2 aromatic carbocycles. The maximum absolute atomic E-state index is 12.4. The van der Waals surface area contributed by atoms with Crippen LogP contribution in [-0.2, 0) is 0 Å². The third-order valence-electron chi connectivity index (χ3n) is 5.96. The molecule has 1 aliphatic rings. The molecule has 0 spiro atoms. The molecule has 186 valence electrons. The number of anilines is 3. The first-order valence-corrected chi connectivity index (χ1v) is 11.7. The highest BCUT2D eigenvalue weighted by molar-refractivity contribution is 5.93. The summed E-state index contributed by atoms with van der Waals surface area (Å²) in [7, 11) is 0.